The van der Waals surface area contributed by atoms with Gasteiger partial charge in [0.2, 0.25) is 0 Å². The highest BCUT2D eigenvalue weighted by Crippen LogP contribution is 2.34. The summed E-state index contributed by atoms with van der Waals surface area (Å²) in [6.07, 6.45) is -4.78. The number of rotatable bonds is 3. The number of aliphatic hydroxyl groups excluding tert-OH is 1. The van der Waals surface area contributed by atoms with Gasteiger partial charge in [-0.1, -0.05) is 24.3 Å². The van der Waals surface area contributed by atoms with Crippen LogP contribution in [-0.4, -0.2) is 16.5 Å². The van der Waals surface area contributed by atoms with Crippen LogP contribution < -0.4 is 10.5 Å². The van der Waals surface area contributed by atoms with Gasteiger partial charge in [-0.25, -0.2) is 4.98 Å². The Balaban J connectivity index is 2.40. The number of nitrogens with two attached hydrogens (primary N) is 1. The Morgan fingerprint density at radius 3 is 2.40 bits per heavy atom. The predicted octanol–water partition coefficient (Wildman–Crippen LogP) is 2.64. The summed E-state index contributed by atoms with van der Waals surface area (Å²) in [5.41, 5.74) is 5.78. The fourth-order valence-electron chi connectivity index (χ4n) is 1.75. The lowest BCUT2D eigenvalue weighted by atomic mass is 10.0. The van der Waals surface area contributed by atoms with E-state index in [0.29, 0.717) is 0 Å². The zero-order valence-electron chi connectivity index (χ0n) is 10.1. The molecule has 7 heteroatoms. The second kappa shape index (κ2) is 5.38. The van der Waals surface area contributed by atoms with Crippen molar-refractivity contribution in [1.29, 1.82) is 0 Å². The summed E-state index contributed by atoms with van der Waals surface area (Å²) in [4.78, 5) is 3.78. The maximum Gasteiger partial charge on any atom is 0.573 e. The van der Waals surface area contributed by atoms with Crippen LogP contribution in [0.5, 0.6) is 5.75 Å². The van der Waals surface area contributed by atoms with Crippen LogP contribution in [0.1, 0.15) is 17.2 Å². The van der Waals surface area contributed by atoms with Crippen LogP contribution in [-0.2, 0) is 0 Å². The number of nitrogen functional groups attached to an aromatic ring is 1. The van der Waals surface area contributed by atoms with Crippen LogP contribution in [0.15, 0.2) is 42.6 Å². The van der Waals surface area contributed by atoms with Gasteiger partial charge in [0.15, 0.2) is 0 Å². The fraction of sp³-hybridized carbons (Fsp3) is 0.154. The third-order valence-corrected chi connectivity index (χ3v) is 2.61. The van der Waals surface area contributed by atoms with E-state index in [9.17, 15) is 18.3 Å². The van der Waals surface area contributed by atoms with Gasteiger partial charge in [-0.15, -0.1) is 13.2 Å². The smallest absolute Gasteiger partial charge is 0.405 e. The van der Waals surface area contributed by atoms with E-state index in [0.717, 1.165) is 6.07 Å². The van der Waals surface area contributed by atoms with Crippen LogP contribution in [0, 0.1) is 0 Å². The molecule has 0 saturated carbocycles. The number of anilines is 1. The van der Waals surface area contributed by atoms with Crippen molar-refractivity contribution in [2.75, 3.05) is 5.73 Å². The average molecular weight is 284 g/mol. The van der Waals surface area contributed by atoms with Gasteiger partial charge >= 0.3 is 6.36 Å². The van der Waals surface area contributed by atoms with E-state index in [4.69, 9.17) is 5.73 Å². The van der Waals surface area contributed by atoms with Gasteiger partial charge in [-0.3, -0.25) is 0 Å². The number of para-hydroxylation sites is 1. The molecule has 4 nitrogen and oxygen atoms in total. The molecule has 0 spiro atoms. The quantitative estimate of drug-likeness (QED) is 0.909. The van der Waals surface area contributed by atoms with Gasteiger partial charge < -0.3 is 15.6 Å². The van der Waals surface area contributed by atoms with Crippen molar-refractivity contribution in [2.45, 2.75) is 12.5 Å². The van der Waals surface area contributed by atoms with Gasteiger partial charge in [-0.05, 0) is 12.1 Å². The second-order valence-electron chi connectivity index (χ2n) is 3.97. The lowest BCUT2D eigenvalue weighted by molar-refractivity contribution is -0.275. The largest absolute Gasteiger partial charge is 0.573 e. The Morgan fingerprint density at radius 1 is 1.10 bits per heavy atom. The van der Waals surface area contributed by atoms with E-state index >= 15 is 0 Å². The standard InChI is InChI=1S/C13H11F3N2O2/c14-13(15,16)20-10-6-2-1-4-8(10)11(19)9-5-3-7-18-12(9)17/h1-7,11,19H,(H2,17,18). The van der Waals surface area contributed by atoms with Crippen LogP contribution in [0.3, 0.4) is 0 Å². The maximum absolute atomic E-state index is 12.3. The van der Waals surface area contributed by atoms with Crippen LogP contribution in [0.4, 0.5) is 19.0 Å². The van der Waals surface area contributed by atoms with E-state index in [-0.39, 0.29) is 16.9 Å². The van der Waals surface area contributed by atoms with Crippen molar-refractivity contribution in [3.05, 3.63) is 53.7 Å². The van der Waals surface area contributed by atoms with E-state index in [1.807, 2.05) is 0 Å². The number of nitrogens with zero attached hydrogens (tertiary/aromatic N) is 1. The van der Waals surface area contributed by atoms with Gasteiger partial charge in [0.1, 0.15) is 17.7 Å². The summed E-state index contributed by atoms with van der Waals surface area (Å²) in [7, 11) is 0. The molecule has 1 aromatic heterocycles. The Morgan fingerprint density at radius 2 is 1.75 bits per heavy atom. The van der Waals surface area contributed by atoms with E-state index in [2.05, 4.69) is 9.72 Å². The molecule has 0 aliphatic heterocycles. The molecule has 0 aliphatic rings. The molecule has 1 aromatic carbocycles. The van der Waals surface area contributed by atoms with Crippen molar-refractivity contribution in [3.63, 3.8) is 0 Å². The van der Waals surface area contributed by atoms with E-state index in [1.54, 1.807) is 0 Å². The summed E-state index contributed by atoms with van der Waals surface area (Å²) >= 11 is 0. The molecule has 0 aliphatic carbocycles. The number of aliphatic hydroxyl groups is 1. The molecular weight excluding hydrogens is 273 g/mol. The minimum atomic E-state index is -4.84. The van der Waals surface area contributed by atoms with E-state index < -0.39 is 18.2 Å². The van der Waals surface area contributed by atoms with Gasteiger partial charge in [-0.2, -0.15) is 0 Å². The topological polar surface area (TPSA) is 68.4 Å². The molecule has 106 valence electrons. The number of aromatic nitrogens is 1. The lowest BCUT2D eigenvalue weighted by Crippen LogP contribution is -2.19. The molecule has 0 fully saturated rings. The summed E-state index contributed by atoms with van der Waals surface area (Å²) < 4.78 is 40.9. The van der Waals surface area contributed by atoms with Crippen molar-refractivity contribution in [1.82, 2.24) is 4.98 Å². The zero-order chi connectivity index (χ0) is 14.8. The lowest BCUT2D eigenvalue weighted by Gasteiger charge is -2.18. The monoisotopic (exact) mass is 284 g/mol. The third-order valence-electron chi connectivity index (χ3n) is 2.61. The van der Waals surface area contributed by atoms with Crippen molar-refractivity contribution in [3.8, 4) is 5.75 Å². The first-order chi connectivity index (χ1) is 9.38. The molecule has 0 amide bonds. The summed E-state index contributed by atoms with van der Waals surface area (Å²) in [6, 6.07) is 8.34. The molecule has 2 rings (SSSR count). The molecule has 0 radical (unpaired) electrons. The van der Waals surface area contributed by atoms with Gasteiger partial charge in [0.25, 0.3) is 0 Å². The number of hydrogen-bond donors (Lipinski definition) is 2. The number of halogens is 3. The zero-order valence-corrected chi connectivity index (χ0v) is 10.1. The number of alkyl halides is 3. The average Bonchev–Trinajstić information content (AvgIpc) is 2.37. The molecule has 20 heavy (non-hydrogen) atoms. The number of pyridine rings is 1. The maximum atomic E-state index is 12.3. The fourth-order valence-corrected chi connectivity index (χ4v) is 1.75. The number of benzene rings is 1. The summed E-state index contributed by atoms with van der Waals surface area (Å²) in [5.74, 6) is -0.433. The first-order valence-electron chi connectivity index (χ1n) is 5.61. The number of hydrogen-bond acceptors (Lipinski definition) is 4. The third kappa shape index (κ3) is 3.18. The van der Waals surface area contributed by atoms with Gasteiger partial charge in [0, 0.05) is 17.3 Å². The van der Waals surface area contributed by atoms with E-state index in [1.165, 1.54) is 36.5 Å². The highest BCUT2D eigenvalue weighted by Gasteiger charge is 2.33. The summed E-state index contributed by atoms with van der Waals surface area (Å²) in [5, 5.41) is 10.2. The van der Waals surface area contributed by atoms with Crippen LogP contribution in [0.2, 0.25) is 0 Å². The first kappa shape index (κ1) is 14.1. The molecule has 0 saturated heterocycles. The Hall–Kier alpha value is -2.28. The van der Waals surface area contributed by atoms with Crippen LogP contribution in [0.25, 0.3) is 0 Å². The van der Waals surface area contributed by atoms with Crippen molar-refractivity contribution >= 4 is 5.82 Å². The highest BCUT2D eigenvalue weighted by atomic mass is 19.4. The molecule has 1 heterocycles. The molecule has 2 aromatic rings. The first-order valence-corrected chi connectivity index (χ1v) is 5.61. The molecule has 0 bridgehead atoms. The predicted molar refractivity (Wildman–Crippen MR) is 65.8 cm³/mol. The molecule has 1 unspecified atom stereocenters. The molecular formula is C13H11F3N2O2. The van der Waals surface area contributed by atoms with Crippen LogP contribution >= 0.6 is 0 Å². The SMILES string of the molecule is Nc1ncccc1C(O)c1ccccc1OC(F)(F)F. The Kier molecular flexibility index (Phi) is 3.80. The summed E-state index contributed by atoms with van der Waals surface area (Å²) in [6.45, 7) is 0. The minimum Gasteiger partial charge on any atom is -0.405 e. The molecule has 1 atom stereocenters. The highest BCUT2D eigenvalue weighted by molar-refractivity contribution is 5.47. The van der Waals surface area contributed by atoms with Gasteiger partial charge in [0.05, 0.1) is 0 Å². The normalized spacial score (nSPS) is 13.0. The second-order valence-corrected chi connectivity index (χ2v) is 3.97. The molecule has 3 N–H and O–H groups in total. The Labute approximate surface area is 112 Å². The minimum absolute atomic E-state index is 0.0375. The Bertz CT molecular complexity index is 602. The van der Waals surface area contributed by atoms with Crippen molar-refractivity contribution < 1.29 is 23.0 Å². The van der Waals surface area contributed by atoms with Crippen molar-refractivity contribution in [2.24, 2.45) is 0 Å². The number of ether oxygens (including phenoxy) is 1.